The SMILES string of the molecule is CC(CO)CNC(=O)c1ccc(-c2cscn2)cc1. The van der Waals surface area contributed by atoms with Gasteiger partial charge in [0.25, 0.3) is 5.91 Å². The van der Waals surface area contributed by atoms with Crippen molar-refractivity contribution in [3.8, 4) is 11.3 Å². The Bertz CT molecular complexity index is 523. The number of hydrogen-bond acceptors (Lipinski definition) is 4. The monoisotopic (exact) mass is 276 g/mol. The first kappa shape index (κ1) is 13.7. The number of rotatable bonds is 5. The highest BCUT2D eigenvalue weighted by molar-refractivity contribution is 7.07. The molecule has 1 aromatic heterocycles. The molecule has 2 N–H and O–H groups in total. The first-order valence-corrected chi connectivity index (χ1v) is 7.02. The summed E-state index contributed by atoms with van der Waals surface area (Å²) >= 11 is 1.54. The number of thiazole rings is 1. The molecule has 1 unspecified atom stereocenters. The summed E-state index contributed by atoms with van der Waals surface area (Å²) in [6.45, 7) is 2.43. The van der Waals surface area contributed by atoms with E-state index in [1.165, 1.54) is 0 Å². The second kappa shape index (κ2) is 6.45. The topological polar surface area (TPSA) is 62.2 Å². The van der Waals surface area contributed by atoms with Crippen molar-refractivity contribution in [2.24, 2.45) is 5.92 Å². The molecule has 1 atom stereocenters. The largest absolute Gasteiger partial charge is 0.396 e. The standard InChI is InChI=1S/C14H16N2O2S/c1-10(7-17)6-15-14(18)12-4-2-11(3-5-12)13-8-19-9-16-13/h2-5,8-10,17H,6-7H2,1H3,(H,15,18). The Labute approximate surface area is 116 Å². The van der Waals surface area contributed by atoms with Crippen LogP contribution in [0.3, 0.4) is 0 Å². The number of aliphatic hydroxyl groups excluding tert-OH is 1. The van der Waals surface area contributed by atoms with Crippen molar-refractivity contribution in [1.82, 2.24) is 10.3 Å². The third-order valence-electron chi connectivity index (χ3n) is 2.80. The Balaban J connectivity index is 2.00. The van der Waals surface area contributed by atoms with Gasteiger partial charge in [0.05, 0.1) is 11.2 Å². The van der Waals surface area contributed by atoms with Gasteiger partial charge in [0, 0.05) is 29.7 Å². The predicted octanol–water partition coefficient (Wildman–Crippen LogP) is 2.17. The molecule has 4 nitrogen and oxygen atoms in total. The van der Waals surface area contributed by atoms with Crippen LogP contribution in [-0.4, -0.2) is 29.1 Å². The van der Waals surface area contributed by atoms with Crippen molar-refractivity contribution in [2.75, 3.05) is 13.2 Å². The van der Waals surface area contributed by atoms with Gasteiger partial charge in [0.15, 0.2) is 0 Å². The number of aromatic nitrogens is 1. The van der Waals surface area contributed by atoms with Crippen molar-refractivity contribution in [1.29, 1.82) is 0 Å². The highest BCUT2D eigenvalue weighted by Gasteiger charge is 2.08. The number of benzene rings is 1. The summed E-state index contributed by atoms with van der Waals surface area (Å²) < 4.78 is 0. The second-order valence-electron chi connectivity index (χ2n) is 4.45. The van der Waals surface area contributed by atoms with Gasteiger partial charge < -0.3 is 10.4 Å². The van der Waals surface area contributed by atoms with Crippen LogP contribution in [0.1, 0.15) is 17.3 Å². The smallest absolute Gasteiger partial charge is 0.251 e. The Morgan fingerprint density at radius 1 is 1.42 bits per heavy atom. The molecule has 0 saturated heterocycles. The van der Waals surface area contributed by atoms with Crippen LogP contribution < -0.4 is 5.32 Å². The van der Waals surface area contributed by atoms with Crippen LogP contribution in [0.25, 0.3) is 11.3 Å². The Kier molecular flexibility index (Phi) is 4.65. The first-order valence-electron chi connectivity index (χ1n) is 6.08. The van der Waals surface area contributed by atoms with Crippen LogP contribution in [0.15, 0.2) is 35.2 Å². The molecule has 0 aliphatic rings. The van der Waals surface area contributed by atoms with Gasteiger partial charge >= 0.3 is 0 Å². The molecule has 1 amide bonds. The van der Waals surface area contributed by atoms with Crippen molar-refractivity contribution < 1.29 is 9.90 Å². The Hall–Kier alpha value is -1.72. The maximum Gasteiger partial charge on any atom is 0.251 e. The summed E-state index contributed by atoms with van der Waals surface area (Å²) in [5, 5.41) is 13.7. The van der Waals surface area contributed by atoms with Crippen molar-refractivity contribution in [3.05, 3.63) is 40.7 Å². The van der Waals surface area contributed by atoms with Gasteiger partial charge in [-0.15, -0.1) is 11.3 Å². The fourth-order valence-electron chi connectivity index (χ4n) is 1.58. The minimum Gasteiger partial charge on any atom is -0.396 e. The average Bonchev–Trinajstić information content (AvgIpc) is 2.98. The van der Waals surface area contributed by atoms with E-state index in [1.54, 1.807) is 29.0 Å². The molecule has 2 aromatic rings. The number of nitrogens with one attached hydrogen (secondary N) is 1. The molecule has 0 saturated carbocycles. The molecule has 0 radical (unpaired) electrons. The van der Waals surface area contributed by atoms with E-state index in [0.717, 1.165) is 11.3 Å². The van der Waals surface area contributed by atoms with E-state index in [0.29, 0.717) is 12.1 Å². The zero-order chi connectivity index (χ0) is 13.7. The number of carbonyl (C=O) groups excluding carboxylic acids is 1. The van der Waals surface area contributed by atoms with E-state index in [9.17, 15) is 4.79 Å². The molecular formula is C14H16N2O2S. The van der Waals surface area contributed by atoms with Gasteiger partial charge in [-0.2, -0.15) is 0 Å². The molecule has 2 rings (SSSR count). The molecule has 100 valence electrons. The number of aliphatic hydroxyl groups is 1. The molecule has 1 aromatic carbocycles. The quantitative estimate of drug-likeness (QED) is 0.879. The van der Waals surface area contributed by atoms with E-state index < -0.39 is 0 Å². The van der Waals surface area contributed by atoms with E-state index in [1.807, 2.05) is 24.4 Å². The van der Waals surface area contributed by atoms with Crippen molar-refractivity contribution in [3.63, 3.8) is 0 Å². The van der Waals surface area contributed by atoms with Crippen LogP contribution in [0, 0.1) is 5.92 Å². The van der Waals surface area contributed by atoms with E-state index in [-0.39, 0.29) is 18.4 Å². The average molecular weight is 276 g/mol. The summed E-state index contributed by atoms with van der Waals surface area (Å²) in [4.78, 5) is 16.1. The molecule has 1 heterocycles. The fourth-order valence-corrected chi connectivity index (χ4v) is 2.14. The lowest BCUT2D eigenvalue weighted by Crippen LogP contribution is -2.29. The zero-order valence-electron chi connectivity index (χ0n) is 10.7. The maximum atomic E-state index is 11.9. The van der Waals surface area contributed by atoms with Gasteiger partial charge in [-0.25, -0.2) is 4.98 Å². The maximum absolute atomic E-state index is 11.9. The minimum atomic E-state index is -0.120. The second-order valence-corrected chi connectivity index (χ2v) is 5.17. The van der Waals surface area contributed by atoms with Crippen LogP contribution in [0.2, 0.25) is 0 Å². The Morgan fingerprint density at radius 2 is 2.16 bits per heavy atom. The van der Waals surface area contributed by atoms with E-state index >= 15 is 0 Å². The molecule has 5 heteroatoms. The van der Waals surface area contributed by atoms with E-state index in [4.69, 9.17) is 5.11 Å². The van der Waals surface area contributed by atoms with Gasteiger partial charge in [-0.3, -0.25) is 4.79 Å². The summed E-state index contributed by atoms with van der Waals surface area (Å²) in [7, 11) is 0. The van der Waals surface area contributed by atoms with Gasteiger partial charge in [-0.1, -0.05) is 19.1 Å². The molecule has 0 aliphatic heterocycles. The van der Waals surface area contributed by atoms with Gasteiger partial charge in [-0.05, 0) is 18.1 Å². The third-order valence-corrected chi connectivity index (χ3v) is 3.38. The predicted molar refractivity (Wildman–Crippen MR) is 76.1 cm³/mol. The van der Waals surface area contributed by atoms with Crippen LogP contribution in [0.4, 0.5) is 0 Å². The summed E-state index contributed by atoms with van der Waals surface area (Å²) in [5.74, 6) is -0.0524. The number of carbonyl (C=O) groups is 1. The summed E-state index contributed by atoms with van der Waals surface area (Å²) in [6, 6.07) is 7.35. The Morgan fingerprint density at radius 3 is 2.74 bits per heavy atom. The van der Waals surface area contributed by atoms with Gasteiger partial charge in [0.2, 0.25) is 0 Å². The minimum absolute atomic E-state index is 0.0678. The lowest BCUT2D eigenvalue weighted by molar-refractivity contribution is 0.0942. The third kappa shape index (κ3) is 3.62. The van der Waals surface area contributed by atoms with Crippen LogP contribution in [-0.2, 0) is 0 Å². The highest BCUT2D eigenvalue weighted by Crippen LogP contribution is 2.19. The number of hydrogen-bond donors (Lipinski definition) is 2. The van der Waals surface area contributed by atoms with Gasteiger partial charge in [0.1, 0.15) is 0 Å². The normalized spacial score (nSPS) is 12.1. The lowest BCUT2D eigenvalue weighted by atomic mass is 10.1. The fraction of sp³-hybridized carbons (Fsp3) is 0.286. The van der Waals surface area contributed by atoms with Crippen LogP contribution >= 0.6 is 11.3 Å². The molecule has 0 spiro atoms. The molecule has 0 fully saturated rings. The molecule has 0 aliphatic carbocycles. The lowest BCUT2D eigenvalue weighted by Gasteiger charge is -2.09. The molecule has 19 heavy (non-hydrogen) atoms. The summed E-state index contributed by atoms with van der Waals surface area (Å²) in [5.41, 5.74) is 4.32. The van der Waals surface area contributed by atoms with Crippen LogP contribution in [0.5, 0.6) is 0 Å². The molecule has 0 bridgehead atoms. The zero-order valence-corrected chi connectivity index (χ0v) is 11.5. The van der Waals surface area contributed by atoms with E-state index in [2.05, 4.69) is 10.3 Å². The van der Waals surface area contributed by atoms with Crippen molar-refractivity contribution >= 4 is 17.2 Å². The molecular weight excluding hydrogens is 260 g/mol. The first-order chi connectivity index (χ1) is 9.20. The summed E-state index contributed by atoms with van der Waals surface area (Å²) in [6.07, 6.45) is 0. The number of amides is 1. The highest BCUT2D eigenvalue weighted by atomic mass is 32.1. The number of nitrogens with zero attached hydrogens (tertiary/aromatic N) is 1. The van der Waals surface area contributed by atoms with Crippen molar-refractivity contribution in [2.45, 2.75) is 6.92 Å².